The predicted octanol–water partition coefficient (Wildman–Crippen LogP) is 3.77. The topological polar surface area (TPSA) is 54.9 Å². The van der Waals surface area contributed by atoms with Crippen molar-refractivity contribution in [3.8, 4) is 11.3 Å². The summed E-state index contributed by atoms with van der Waals surface area (Å²) in [6.07, 6.45) is 1.73. The second-order valence-corrected chi connectivity index (χ2v) is 5.45. The molecule has 2 aromatic heterocycles. The number of carbonyl (C=O) groups excluding carboxylic acids is 1. The molecular formula is C16H13N3OS. The van der Waals surface area contributed by atoms with E-state index in [9.17, 15) is 4.79 Å². The number of hydrogen-bond acceptors (Lipinski definition) is 4. The first-order valence-corrected chi connectivity index (χ1v) is 7.35. The standard InChI is InChI=1S/C16H13N3OS/c1-11-17-8-7-14(18-11)12-4-2-5-13(10-12)19-16(20)15-6-3-9-21-15/h2-10H,1H3,(H,19,20). The van der Waals surface area contributed by atoms with E-state index in [-0.39, 0.29) is 5.91 Å². The average Bonchev–Trinajstić information content (AvgIpc) is 3.02. The summed E-state index contributed by atoms with van der Waals surface area (Å²) in [5.74, 6) is 0.626. The first-order valence-electron chi connectivity index (χ1n) is 6.47. The lowest BCUT2D eigenvalue weighted by molar-refractivity contribution is 0.103. The largest absolute Gasteiger partial charge is 0.321 e. The quantitative estimate of drug-likeness (QED) is 0.800. The molecule has 1 aromatic carbocycles. The van der Waals surface area contributed by atoms with Crippen LogP contribution in [-0.2, 0) is 0 Å². The first kappa shape index (κ1) is 13.5. The predicted molar refractivity (Wildman–Crippen MR) is 84.5 cm³/mol. The monoisotopic (exact) mass is 295 g/mol. The van der Waals surface area contributed by atoms with Crippen LogP contribution in [0.4, 0.5) is 5.69 Å². The van der Waals surface area contributed by atoms with Gasteiger partial charge in [0, 0.05) is 17.4 Å². The second kappa shape index (κ2) is 5.85. The van der Waals surface area contributed by atoms with Gasteiger partial charge in [0.1, 0.15) is 5.82 Å². The van der Waals surface area contributed by atoms with Crippen LogP contribution in [0.2, 0.25) is 0 Å². The number of nitrogens with one attached hydrogen (secondary N) is 1. The van der Waals surface area contributed by atoms with Crippen molar-refractivity contribution in [1.29, 1.82) is 0 Å². The normalized spacial score (nSPS) is 10.3. The first-order chi connectivity index (χ1) is 10.2. The zero-order valence-corrected chi connectivity index (χ0v) is 12.2. The third-order valence-electron chi connectivity index (χ3n) is 2.94. The van der Waals surface area contributed by atoms with Gasteiger partial charge in [0.2, 0.25) is 0 Å². The highest BCUT2D eigenvalue weighted by molar-refractivity contribution is 7.12. The zero-order chi connectivity index (χ0) is 14.7. The number of rotatable bonds is 3. The summed E-state index contributed by atoms with van der Waals surface area (Å²) >= 11 is 1.42. The summed E-state index contributed by atoms with van der Waals surface area (Å²) in [5.41, 5.74) is 2.54. The number of thiophene rings is 1. The number of anilines is 1. The van der Waals surface area contributed by atoms with Crippen molar-refractivity contribution in [1.82, 2.24) is 9.97 Å². The highest BCUT2D eigenvalue weighted by Gasteiger charge is 2.08. The van der Waals surface area contributed by atoms with Gasteiger partial charge in [0.25, 0.3) is 5.91 Å². The van der Waals surface area contributed by atoms with Crippen molar-refractivity contribution in [3.05, 3.63) is 64.7 Å². The van der Waals surface area contributed by atoms with Gasteiger partial charge in [0.05, 0.1) is 10.6 Å². The molecular weight excluding hydrogens is 282 g/mol. The van der Waals surface area contributed by atoms with Gasteiger partial charge in [0.15, 0.2) is 0 Å². The van der Waals surface area contributed by atoms with Crippen molar-refractivity contribution in [2.45, 2.75) is 6.92 Å². The van der Waals surface area contributed by atoms with Crippen molar-refractivity contribution in [2.24, 2.45) is 0 Å². The van der Waals surface area contributed by atoms with Crippen LogP contribution < -0.4 is 5.32 Å². The van der Waals surface area contributed by atoms with Gasteiger partial charge in [-0.1, -0.05) is 18.2 Å². The Morgan fingerprint density at radius 1 is 1.19 bits per heavy atom. The van der Waals surface area contributed by atoms with Gasteiger partial charge in [-0.15, -0.1) is 11.3 Å². The fraction of sp³-hybridized carbons (Fsp3) is 0.0625. The minimum atomic E-state index is -0.0963. The van der Waals surface area contributed by atoms with Crippen LogP contribution in [0.3, 0.4) is 0 Å². The minimum Gasteiger partial charge on any atom is -0.321 e. The lowest BCUT2D eigenvalue weighted by atomic mass is 10.1. The Bertz CT molecular complexity index is 769. The maximum Gasteiger partial charge on any atom is 0.265 e. The van der Waals surface area contributed by atoms with Gasteiger partial charge in [-0.05, 0) is 36.6 Å². The van der Waals surface area contributed by atoms with Gasteiger partial charge < -0.3 is 5.32 Å². The number of aromatic nitrogens is 2. The molecule has 0 aliphatic carbocycles. The lowest BCUT2D eigenvalue weighted by Gasteiger charge is -2.06. The molecule has 0 aliphatic rings. The Balaban J connectivity index is 1.85. The molecule has 0 saturated carbocycles. The molecule has 0 saturated heterocycles. The third kappa shape index (κ3) is 3.14. The summed E-state index contributed by atoms with van der Waals surface area (Å²) in [6.45, 7) is 1.85. The molecule has 2 heterocycles. The number of hydrogen-bond donors (Lipinski definition) is 1. The SMILES string of the molecule is Cc1nccc(-c2cccc(NC(=O)c3cccs3)c2)n1. The molecule has 4 nitrogen and oxygen atoms in total. The maximum atomic E-state index is 12.1. The van der Waals surface area contributed by atoms with Crippen LogP contribution in [0.15, 0.2) is 54.0 Å². The molecule has 21 heavy (non-hydrogen) atoms. The summed E-state index contributed by atoms with van der Waals surface area (Å²) in [4.78, 5) is 21.2. The number of aryl methyl sites for hydroxylation is 1. The van der Waals surface area contributed by atoms with E-state index in [2.05, 4.69) is 15.3 Å². The summed E-state index contributed by atoms with van der Waals surface area (Å²) in [5, 5.41) is 4.78. The Kier molecular flexibility index (Phi) is 3.75. The molecule has 0 spiro atoms. The number of carbonyl (C=O) groups is 1. The van der Waals surface area contributed by atoms with E-state index >= 15 is 0 Å². The third-order valence-corrected chi connectivity index (χ3v) is 3.81. The minimum absolute atomic E-state index is 0.0963. The molecule has 1 amide bonds. The Morgan fingerprint density at radius 2 is 2.10 bits per heavy atom. The lowest BCUT2D eigenvalue weighted by Crippen LogP contribution is -2.09. The van der Waals surface area contributed by atoms with Gasteiger partial charge >= 0.3 is 0 Å². The second-order valence-electron chi connectivity index (χ2n) is 4.50. The smallest absolute Gasteiger partial charge is 0.265 e. The van der Waals surface area contributed by atoms with E-state index in [1.54, 1.807) is 12.3 Å². The van der Waals surface area contributed by atoms with Crippen molar-refractivity contribution in [3.63, 3.8) is 0 Å². The molecule has 0 atom stereocenters. The highest BCUT2D eigenvalue weighted by Crippen LogP contribution is 2.21. The molecule has 0 unspecified atom stereocenters. The van der Waals surface area contributed by atoms with Crippen LogP contribution >= 0.6 is 11.3 Å². The molecule has 3 rings (SSSR count). The zero-order valence-electron chi connectivity index (χ0n) is 11.4. The molecule has 5 heteroatoms. The van der Waals surface area contributed by atoms with E-state index in [4.69, 9.17) is 0 Å². The Morgan fingerprint density at radius 3 is 2.86 bits per heavy atom. The molecule has 0 bridgehead atoms. The van der Waals surface area contributed by atoms with Gasteiger partial charge in [-0.3, -0.25) is 4.79 Å². The van der Waals surface area contributed by atoms with Gasteiger partial charge in [-0.2, -0.15) is 0 Å². The molecule has 1 N–H and O–H groups in total. The van der Waals surface area contributed by atoms with Crippen LogP contribution in [0.25, 0.3) is 11.3 Å². The molecule has 0 radical (unpaired) electrons. The van der Waals surface area contributed by atoms with E-state index in [0.29, 0.717) is 4.88 Å². The van der Waals surface area contributed by atoms with Gasteiger partial charge in [-0.25, -0.2) is 9.97 Å². The molecule has 3 aromatic rings. The molecule has 0 aliphatic heterocycles. The van der Waals surface area contributed by atoms with E-state index < -0.39 is 0 Å². The summed E-state index contributed by atoms with van der Waals surface area (Å²) in [6, 6.07) is 13.2. The number of nitrogens with zero attached hydrogens (tertiary/aromatic N) is 2. The fourth-order valence-electron chi connectivity index (χ4n) is 1.97. The van der Waals surface area contributed by atoms with Crippen molar-refractivity contribution >= 4 is 22.9 Å². The highest BCUT2D eigenvalue weighted by atomic mass is 32.1. The maximum absolute atomic E-state index is 12.1. The van der Waals surface area contributed by atoms with E-state index in [1.807, 2.05) is 48.7 Å². The fourth-order valence-corrected chi connectivity index (χ4v) is 2.59. The van der Waals surface area contributed by atoms with Crippen LogP contribution in [-0.4, -0.2) is 15.9 Å². The van der Waals surface area contributed by atoms with Crippen molar-refractivity contribution < 1.29 is 4.79 Å². The van der Waals surface area contributed by atoms with Crippen LogP contribution in [0.5, 0.6) is 0 Å². The van der Waals surface area contributed by atoms with Crippen molar-refractivity contribution in [2.75, 3.05) is 5.32 Å². The average molecular weight is 295 g/mol. The summed E-state index contributed by atoms with van der Waals surface area (Å²) in [7, 11) is 0. The Labute approximate surface area is 126 Å². The molecule has 104 valence electrons. The number of benzene rings is 1. The van der Waals surface area contributed by atoms with E-state index in [1.165, 1.54) is 11.3 Å². The van der Waals surface area contributed by atoms with Crippen LogP contribution in [0.1, 0.15) is 15.5 Å². The number of amides is 1. The molecule has 0 fully saturated rings. The Hall–Kier alpha value is -2.53. The van der Waals surface area contributed by atoms with Crippen LogP contribution in [0, 0.1) is 6.92 Å². The van der Waals surface area contributed by atoms with E-state index in [0.717, 1.165) is 22.8 Å². The summed E-state index contributed by atoms with van der Waals surface area (Å²) < 4.78 is 0.